The van der Waals surface area contributed by atoms with Gasteiger partial charge >= 0.3 is 11.9 Å². The van der Waals surface area contributed by atoms with Gasteiger partial charge in [0.25, 0.3) is 5.79 Å². The molecule has 1 saturated heterocycles. The highest BCUT2D eigenvalue weighted by Gasteiger charge is 2.41. The lowest BCUT2D eigenvalue weighted by Gasteiger charge is -2.30. The number of ether oxygens (including phenoxy) is 2. The van der Waals surface area contributed by atoms with Crippen LogP contribution in [0.5, 0.6) is 0 Å². The fraction of sp³-hybridized carbons (Fsp3) is 0.286. The molecule has 0 unspecified atom stereocenters. The lowest BCUT2D eigenvalue weighted by Crippen LogP contribution is -2.42. The number of hydrogen-bond acceptors (Lipinski definition) is 5. The highest BCUT2D eigenvalue weighted by atomic mass is 35.5. The number of aliphatic hydroxyl groups is 1. The summed E-state index contributed by atoms with van der Waals surface area (Å²) in [7, 11) is 0. The Kier molecular flexibility index (Phi) is 4.61. The van der Waals surface area contributed by atoms with Crippen LogP contribution in [-0.4, -0.2) is 22.8 Å². The van der Waals surface area contributed by atoms with E-state index in [0.717, 1.165) is 0 Å². The summed E-state index contributed by atoms with van der Waals surface area (Å²) in [6, 6.07) is 2.90. The minimum atomic E-state index is -1.38. The van der Waals surface area contributed by atoms with Crippen molar-refractivity contribution in [3.05, 3.63) is 44.1 Å². The average molecular weight is 366 g/mol. The lowest BCUT2D eigenvalue weighted by molar-refractivity contribution is -0.222. The van der Waals surface area contributed by atoms with E-state index in [9.17, 15) is 14.7 Å². The molecule has 1 aromatic rings. The third-order valence-corrected chi connectivity index (χ3v) is 3.86. The number of carbonyl (C=O) groups is 2. The number of benzene rings is 1. The van der Waals surface area contributed by atoms with Gasteiger partial charge in [-0.3, -0.25) is 0 Å². The SMILES string of the molecule is CC1(C)OC(=O)C(=C(O)Cc2cc(Cl)cc(Cl)c2Cl)C(=O)O1. The van der Waals surface area contributed by atoms with E-state index in [1.54, 1.807) is 0 Å². The highest BCUT2D eigenvalue weighted by Crippen LogP contribution is 2.32. The van der Waals surface area contributed by atoms with Crippen LogP contribution >= 0.6 is 34.8 Å². The molecule has 1 heterocycles. The minimum Gasteiger partial charge on any atom is -0.511 e. The number of aliphatic hydroxyl groups excluding tert-OH is 1. The van der Waals surface area contributed by atoms with Crippen LogP contribution in [0.15, 0.2) is 23.5 Å². The average Bonchev–Trinajstić information content (AvgIpc) is 2.32. The first-order valence-electron chi connectivity index (χ1n) is 6.13. The van der Waals surface area contributed by atoms with Crippen LogP contribution in [0, 0.1) is 0 Å². The molecule has 118 valence electrons. The predicted molar refractivity (Wildman–Crippen MR) is 81.1 cm³/mol. The Morgan fingerprint density at radius 3 is 2.23 bits per heavy atom. The first-order valence-corrected chi connectivity index (χ1v) is 7.26. The molecular weight excluding hydrogens is 355 g/mol. The Morgan fingerprint density at radius 2 is 1.68 bits per heavy atom. The van der Waals surface area contributed by atoms with Gasteiger partial charge in [0.05, 0.1) is 10.0 Å². The number of allylic oxidation sites excluding steroid dienone is 1. The Labute approximate surface area is 141 Å². The molecule has 0 atom stereocenters. The zero-order chi connectivity index (χ0) is 16.7. The van der Waals surface area contributed by atoms with Crippen molar-refractivity contribution in [2.75, 3.05) is 0 Å². The normalized spacial score (nSPS) is 17.0. The van der Waals surface area contributed by atoms with Gasteiger partial charge in [0.15, 0.2) is 5.57 Å². The number of rotatable bonds is 2. The van der Waals surface area contributed by atoms with Crippen LogP contribution in [0.3, 0.4) is 0 Å². The quantitative estimate of drug-likeness (QED) is 0.283. The summed E-state index contributed by atoms with van der Waals surface area (Å²) in [5.41, 5.74) is -0.221. The van der Waals surface area contributed by atoms with Gasteiger partial charge < -0.3 is 14.6 Å². The summed E-state index contributed by atoms with van der Waals surface area (Å²) in [5.74, 6) is -3.86. The van der Waals surface area contributed by atoms with Crippen molar-refractivity contribution in [1.29, 1.82) is 0 Å². The molecule has 0 amide bonds. The second-order valence-electron chi connectivity index (χ2n) is 5.04. The molecule has 0 aliphatic carbocycles. The van der Waals surface area contributed by atoms with E-state index < -0.39 is 29.1 Å². The zero-order valence-electron chi connectivity index (χ0n) is 11.6. The Morgan fingerprint density at radius 1 is 1.14 bits per heavy atom. The van der Waals surface area contributed by atoms with E-state index in [1.165, 1.54) is 26.0 Å². The van der Waals surface area contributed by atoms with E-state index in [-0.39, 0.29) is 16.5 Å². The number of carbonyl (C=O) groups excluding carboxylic acids is 2. The van der Waals surface area contributed by atoms with Crippen molar-refractivity contribution in [2.24, 2.45) is 0 Å². The van der Waals surface area contributed by atoms with E-state index in [4.69, 9.17) is 44.3 Å². The van der Waals surface area contributed by atoms with Gasteiger partial charge in [-0.2, -0.15) is 0 Å². The summed E-state index contributed by atoms with van der Waals surface area (Å²) < 4.78 is 9.82. The van der Waals surface area contributed by atoms with Gasteiger partial charge in [0.1, 0.15) is 5.76 Å². The monoisotopic (exact) mass is 364 g/mol. The maximum absolute atomic E-state index is 11.8. The summed E-state index contributed by atoms with van der Waals surface area (Å²) in [6.07, 6.45) is -0.223. The molecule has 8 heteroatoms. The van der Waals surface area contributed by atoms with E-state index in [2.05, 4.69) is 0 Å². The van der Waals surface area contributed by atoms with Crippen molar-refractivity contribution in [3.8, 4) is 0 Å². The first kappa shape index (κ1) is 16.9. The van der Waals surface area contributed by atoms with Gasteiger partial charge in [0, 0.05) is 25.3 Å². The van der Waals surface area contributed by atoms with Crippen LogP contribution < -0.4 is 0 Å². The zero-order valence-corrected chi connectivity index (χ0v) is 13.8. The second kappa shape index (κ2) is 5.99. The van der Waals surface area contributed by atoms with Gasteiger partial charge in [-0.05, 0) is 17.7 Å². The highest BCUT2D eigenvalue weighted by molar-refractivity contribution is 6.43. The van der Waals surface area contributed by atoms with E-state index in [0.29, 0.717) is 10.6 Å². The molecule has 1 fully saturated rings. The number of esters is 2. The molecular formula is C14H11Cl3O5. The number of cyclic esters (lactones) is 2. The molecule has 22 heavy (non-hydrogen) atoms. The molecule has 0 bridgehead atoms. The maximum atomic E-state index is 11.8. The fourth-order valence-corrected chi connectivity index (χ4v) is 2.61. The van der Waals surface area contributed by atoms with Crippen molar-refractivity contribution in [1.82, 2.24) is 0 Å². The van der Waals surface area contributed by atoms with Crippen LogP contribution in [0.2, 0.25) is 15.1 Å². The second-order valence-corrected chi connectivity index (χ2v) is 6.26. The summed E-state index contributed by atoms with van der Waals surface area (Å²) in [6.45, 7) is 2.81. The number of halogens is 3. The van der Waals surface area contributed by atoms with Crippen LogP contribution in [0.4, 0.5) is 0 Å². The molecule has 0 saturated carbocycles. The van der Waals surface area contributed by atoms with Crippen molar-refractivity contribution < 1.29 is 24.2 Å². The van der Waals surface area contributed by atoms with Gasteiger partial charge in [-0.15, -0.1) is 0 Å². The molecule has 0 radical (unpaired) electrons. The largest absolute Gasteiger partial charge is 0.511 e. The summed E-state index contributed by atoms with van der Waals surface area (Å²) in [4.78, 5) is 23.7. The topological polar surface area (TPSA) is 72.8 Å². The van der Waals surface area contributed by atoms with Gasteiger partial charge in [-0.1, -0.05) is 34.8 Å². The Balaban J connectivity index is 2.37. The maximum Gasteiger partial charge on any atom is 0.352 e. The van der Waals surface area contributed by atoms with Crippen molar-refractivity contribution in [3.63, 3.8) is 0 Å². The first-order chi connectivity index (χ1) is 10.1. The van der Waals surface area contributed by atoms with Gasteiger partial charge in [-0.25, -0.2) is 9.59 Å². The Bertz CT molecular complexity index is 672. The third kappa shape index (κ3) is 3.48. The summed E-state index contributed by atoms with van der Waals surface area (Å²) in [5, 5.41) is 10.7. The molecule has 2 rings (SSSR count). The Hall–Kier alpha value is -1.43. The van der Waals surface area contributed by atoms with Crippen LogP contribution in [0.1, 0.15) is 19.4 Å². The van der Waals surface area contributed by atoms with Crippen LogP contribution in [-0.2, 0) is 25.5 Å². The third-order valence-electron chi connectivity index (χ3n) is 2.80. The lowest BCUT2D eigenvalue weighted by atomic mass is 10.1. The fourth-order valence-electron chi connectivity index (χ4n) is 1.90. The molecule has 0 spiro atoms. The van der Waals surface area contributed by atoms with Crippen molar-refractivity contribution in [2.45, 2.75) is 26.1 Å². The molecule has 1 N–H and O–H groups in total. The molecule has 5 nitrogen and oxygen atoms in total. The molecule has 0 aromatic heterocycles. The molecule has 1 aromatic carbocycles. The minimum absolute atomic E-state index is 0.163. The smallest absolute Gasteiger partial charge is 0.352 e. The predicted octanol–water partition coefficient (Wildman–Crippen LogP) is 3.84. The summed E-state index contributed by atoms with van der Waals surface area (Å²) >= 11 is 17.8. The van der Waals surface area contributed by atoms with Crippen LogP contribution in [0.25, 0.3) is 0 Å². The standard InChI is InChI=1S/C14H11Cl3O5/c1-14(2)21-12(19)10(13(20)22-14)9(18)4-6-3-7(15)5-8(16)11(6)17/h3,5,18H,4H2,1-2H3. The van der Waals surface area contributed by atoms with Gasteiger partial charge in [0.2, 0.25) is 0 Å². The van der Waals surface area contributed by atoms with E-state index >= 15 is 0 Å². The molecule has 1 aliphatic rings. The molecule has 1 aliphatic heterocycles. The van der Waals surface area contributed by atoms with E-state index in [1.807, 2.05) is 0 Å². The van der Waals surface area contributed by atoms with Crippen molar-refractivity contribution >= 4 is 46.7 Å². The number of hydrogen-bond donors (Lipinski definition) is 1.